The average molecular weight is 291 g/mol. The minimum atomic E-state index is -0.790. The van der Waals surface area contributed by atoms with Gasteiger partial charge < -0.3 is 0 Å². The first-order chi connectivity index (χ1) is 8.47. The van der Waals surface area contributed by atoms with E-state index in [0.29, 0.717) is 6.42 Å². The van der Waals surface area contributed by atoms with Crippen LogP contribution in [0.25, 0.3) is 0 Å². The van der Waals surface area contributed by atoms with Gasteiger partial charge in [-0.05, 0) is 25.2 Å². The Morgan fingerprint density at radius 3 is 2.17 bits per heavy atom. The maximum Gasteiger partial charge on any atom is 0.328 e. The second kappa shape index (κ2) is 5.28. The molecule has 4 amide bonds. The van der Waals surface area contributed by atoms with Crippen LogP contribution in [0.5, 0.6) is 0 Å². The van der Waals surface area contributed by atoms with Crippen molar-refractivity contribution in [2.45, 2.75) is 30.0 Å². The molecular formula is C11H12Cl2N2O3. The highest BCUT2D eigenvalue weighted by molar-refractivity contribution is 6.30. The third-order valence-electron chi connectivity index (χ3n) is 3.08. The van der Waals surface area contributed by atoms with Crippen molar-refractivity contribution in [1.82, 2.24) is 10.6 Å². The molecule has 1 aliphatic heterocycles. The zero-order valence-corrected chi connectivity index (χ0v) is 10.9. The van der Waals surface area contributed by atoms with Gasteiger partial charge in [-0.25, -0.2) is 4.79 Å². The molecule has 1 saturated heterocycles. The summed E-state index contributed by atoms with van der Waals surface area (Å²) in [5.74, 6) is -1.30. The number of allylic oxidation sites excluding steroid dienone is 1. The fourth-order valence-electron chi connectivity index (χ4n) is 2.12. The number of amides is 4. The zero-order valence-electron chi connectivity index (χ0n) is 9.41. The quantitative estimate of drug-likeness (QED) is 0.434. The molecule has 0 aromatic carbocycles. The van der Waals surface area contributed by atoms with Crippen LogP contribution in [0.1, 0.15) is 19.3 Å². The van der Waals surface area contributed by atoms with E-state index >= 15 is 0 Å². The molecule has 7 heteroatoms. The van der Waals surface area contributed by atoms with E-state index in [1.165, 1.54) is 0 Å². The van der Waals surface area contributed by atoms with E-state index in [-0.39, 0.29) is 22.2 Å². The molecule has 2 N–H and O–H groups in total. The average Bonchev–Trinajstić information content (AvgIpc) is 2.28. The van der Waals surface area contributed by atoms with Gasteiger partial charge in [0.05, 0.1) is 5.38 Å². The van der Waals surface area contributed by atoms with Gasteiger partial charge in [0.15, 0.2) is 0 Å². The Morgan fingerprint density at radius 2 is 1.61 bits per heavy atom. The summed E-state index contributed by atoms with van der Waals surface area (Å²) in [6.07, 6.45) is 3.71. The molecule has 3 atom stereocenters. The number of halogens is 2. The lowest BCUT2D eigenvalue weighted by Crippen LogP contribution is -2.51. The lowest BCUT2D eigenvalue weighted by molar-refractivity contribution is -0.124. The summed E-state index contributed by atoms with van der Waals surface area (Å²) in [6, 6.07) is -0.790. The molecule has 0 bridgehead atoms. The number of hydrogen-bond donors (Lipinski definition) is 2. The van der Waals surface area contributed by atoms with E-state index in [0.717, 1.165) is 12.8 Å². The molecule has 3 unspecified atom stereocenters. The molecule has 1 aliphatic carbocycles. The number of barbiturate groups is 1. The maximum atomic E-state index is 11.5. The molecular weight excluding hydrogens is 279 g/mol. The van der Waals surface area contributed by atoms with E-state index in [4.69, 9.17) is 23.2 Å². The monoisotopic (exact) mass is 290 g/mol. The van der Waals surface area contributed by atoms with Crippen molar-refractivity contribution in [2.75, 3.05) is 0 Å². The van der Waals surface area contributed by atoms with Crippen molar-refractivity contribution in [3.8, 4) is 0 Å². The van der Waals surface area contributed by atoms with Crippen molar-refractivity contribution in [3.63, 3.8) is 0 Å². The van der Waals surface area contributed by atoms with E-state index in [1.807, 2.05) is 10.6 Å². The number of hydrogen-bond acceptors (Lipinski definition) is 3. The first-order valence-electron chi connectivity index (χ1n) is 5.64. The molecule has 18 heavy (non-hydrogen) atoms. The van der Waals surface area contributed by atoms with Crippen LogP contribution in [-0.4, -0.2) is 28.6 Å². The van der Waals surface area contributed by atoms with Crippen molar-refractivity contribution in [1.29, 1.82) is 0 Å². The molecule has 0 spiro atoms. The molecule has 0 radical (unpaired) electrons. The Hall–Kier alpha value is -1.07. The van der Waals surface area contributed by atoms with Crippen LogP contribution in [0.2, 0.25) is 0 Å². The lowest BCUT2D eigenvalue weighted by atomic mass is 9.87. The molecule has 0 aromatic rings. The summed E-state index contributed by atoms with van der Waals surface area (Å²) in [5, 5.41) is 3.82. The van der Waals surface area contributed by atoms with Gasteiger partial charge in [0.25, 0.3) is 11.8 Å². The summed E-state index contributed by atoms with van der Waals surface area (Å²) in [6.45, 7) is 0. The van der Waals surface area contributed by atoms with Gasteiger partial charge >= 0.3 is 6.03 Å². The fourth-order valence-corrected chi connectivity index (χ4v) is 2.71. The summed E-state index contributed by atoms with van der Waals surface area (Å²) in [4.78, 5) is 33.9. The van der Waals surface area contributed by atoms with Gasteiger partial charge in [0.1, 0.15) is 5.57 Å². The number of nitrogens with one attached hydrogen (secondary N) is 2. The zero-order chi connectivity index (χ0) is 13.3. The first-order valence-corrected chi connectivity index (χ1v) is 6.51. The van der Waals surface area contributed by atoms with Crippen LogP contribution in [0.4, 0.5) is 4.79 Å². The Bertz CT molecular complexity index is 414. The Kier molecular flexibility index (Phi) is 3.92. The third kappa shape index (κ3) is 2.84. The molecule has 2 aliphatic rings. The lowest BCUT2D eigenvalue weighted by Gasteiger charge is -2.28. The van der Waals surface area contributed by atoms with Crippen LogP contribution in [0, 0.1) is 5.92 Å². The summed E-state index contributed by atoms with van der Waals surface area (Å²) in [7, 11) is 0. The summed E-state index contributed by atoms with van der Waals surface area (Å²) in [5.41, 5.74) is -0.0310. The van der Waals surface area contributed by atoms with Gasteiger partial charge in [0.2, 0.25) is 0 Å². The molecule has 2 fully saturated rings. The summed E-state index contributed by atoms with van der Waals surface area (Å²) >= 11 is 12.1. The molecule has 98 valence electrons. The Balaban J connectivity index is 2.10. The normalized spacial score (nSPS) is 32.9. The topological polar surface area (TPSA) is 75.3 Å². The van der Waals surface area contributed by atoms with Gasteiger partial charge in [-0.2, -0.15) is 0 Å². The fraction of sp³-hybridized carbons (Fsp3) is 0.545. The Morgan fingerprint density at radius 1 is 1.00 bits per heavy atom. The van der Waals surface area contributed by atoms with Crippen molar-refractivity contribution >= 4 is 41.0 Å². The first kappa shape index (κ1) is 13.4. The molecule has 0 aromatic heterocycles. The smallest absolute Gasteiger partial charge is 0.273 e. The van der Waals surface area contributed by atoms with E-state index in [9.17, 15) is 14.4 Å². The minimum absolute atomic E-state index is 0.0298. The number of imide groups is 2. The van der Waals surface area contributed by atoms with Crippen molar-refractivity contribution in [3.05, 3.63) is 11.6 Å². The van der Waals surface area contributed by atoms with E-state index in [2.05, 4.69) is 0 Å². The van der Waals surface area contributed by atoms with Crippen LogP contribution >= 0.6 is 23.2 Å². The SMILES string of the molecule is O=C1NC(=O)C(=CC2CCC(Cl)C(Cl)C2)C(=O)N1. The molecule has 5 nitrogen and oxygen atoms in total. The van der Waals surface area contributed by atoms with Gasteiger partial charge in [0, 0.05) is 5.38 Å². The minimum Gasteiger partial charge on any atom is -0.273 e. The van der Waals surface area contributed by atoms with Gasteiger partial charge in [-0.15, -0.1) is 23.2 Å². The molecule has 2 rings (SSSR count). The maximum absolute atomic E-state index is 11.5. The van der Waals surface area contributed by atoms with Crippen molar-refractivity contribution < 1.29 is 14.4 Å². The third-order valence-corrected chi connectivity index (χ3v) is 4.21. The predicted molar refractivity (Wildman–Crippen MR) is 66.4 cm³/mol. The number of alkyl halides is 2. The van der Waals surface area contributed by atoms with E-state index < -0.39 is 17.8 Å². The standard InChI is InChI=1S/C11H12Cl2N2O3/c12-7-2-1-5(4-8(7)13)3-6-9(16)14-11(18)15-10(6)17/h3,5,7-8H,1-2,4H2,(H2,14,15,16,17,18). The van der Waals surface area contributed by atoms with Crippen LogP contribution < -0.4 is 10.6 Å². The second-order valence-electron chi connectivity index (χ2n) is 4.42. The van der Waals surface area contributed by atoms with Crippen LogP contribution in [0.15, 0.2) is 11.6 Å². The predicted octanol–water partition coefficient (Wildman–Crippen LogP) is 1.29. The van der Waals surface area contributed by atoms with Crippen LogP contribution in [0.3, 0.4) is 0 Å². The molecule has 1 heterocycles. The van der Waals surface area contributed by atoms with Crippen molar-refractivity contribution in [2.24, 2.45) is 5.92 Å². The largest absolute Gasteiger partial charge is 0.328 e. The van der Waals surface area contributed by atoms with E-state index in [1.54, 1.807) is 6.08 Å². The van der Waals surface area contributed by atoms with Crippen LogP contribution in [-0.2, 0) is 9.59 Å². The summed E-state index contributed by atoms with van der Waals surface area (Å²) < 4.78 is 0. The number of rotatable bonds is 1. The highest BCUT2D eigenvalue weighted by Crippen LogP contribution is 2.32. The highest BCUT2D eigenvalue weighted by atomic mass is 35.5. The Labute approximate surface area is 114 Å². The van der Waals surface area contributed by atoms with Gasteiger partial charge in [-0.3, -0.25) is 20.2 Å². The molecule has 1 saturated carbocycles. The number of carbonyl (C=O) groups is 3. The number of urea groups is 1. The van der Waals surface area contributed by atoms with Gasteiger partial charge in [-0.1, -0.05) is 6.08 Å². The highest BCUT2D eigenvalue weighted by Gasteiger charge is 2.31. The number of carbonyl (C=O) groups excluding carboxylic acids is 3. The second-order valence-corrected chi connectivity index (χ2v) is 5.54.